The molecule has 5 rings (SSSR count). The molecular weight excluding hydrogens is 464 g/mol. The van der Waals surface area contributed by atoms with Crippen LogP contribution in [0, 0.1) is 11.8 Å². The third-order valence-electron chi connectivity index (χ3n) is 5.99. The first-order valence-electron chi connectivity index (χ1n) is 10.9. The van der Waals surface area contributed by atoms with Gasteiger partial charge in [0, 0.05) is 35.0 Å². The monoisotopic (exact) mass is 486 g/mol. The van der Waals surface area contributed by atoms with Gasteiger partial charge < -0.3 is 10.6 Å². The van der Waals surface area contributed by atoms with E-state index in [2.05, 4.69) is 32.8 Å². The van der Waals surface area contributed by atoms with Crippen LogP contribution in [0.15, 0.2) is 96.0 Å². The highest BCUT2D eigenvalue weighted by Gasteiger charge is 2.46. The van der Waals surface area contributed by atoms with Crippen LogP contribution in [0.25, 0.3) is 0 Å². The van der Waals surface area contributed by atoms with Gasteiger partial charge in [-0.3, -0.25) is 9.59 Å². The summed E-state index contributed by atoms with van der Waals surface area (Å²) < 4.78 is 0. The smallest absolute Gasteiger partial charge is 0.231 e. The minimum absolute atomic E-state index is 0.228. The van der Waals surface area contributed by atoms with Gasteiger partial charge in [0.15, 0.2) is 10.3 Å². The van der Waals surface area contributed by atoms with E-state index in [1.54, 1.807) is 12.4 Å². The van der Waals surface area contributed by atoms with Crippen molar-refractivity contribution >= 4 is 44.8 Å². The Balaban J connectivity index is 1.59. The van der Waals surface area contributed by atoms with E-state index < -0.39 is 11.8 Å². The highest BCUT2D eigenvalue weighted by Crippen LogP contribution is 2.45. The molecule has 2 aromatic carbocycles. The summed E-state index contributed by atoms with van der Waals surface area (Å²) in [6.45, 7) is 0. The Morgan fingerprint density at radius 3 is 1.41 bits per heavy atom. The molecule has 0 saturated heterocycles. The summed E-state index contributed by atoms with van der Waals surface area (Å²) in [6, 6.07) is 19.7. The number of anilines is 2. The maximum absolute atomic E-state index is 13.8. The molecule has 34 heavy (non-hydrogen) atoms. The second kappa shape index (κ2) is 10.1. The Labute approximate surface area is 205 Å². The van der Waals surface area contributed by atoms with Crippen LogP contribution in [0.2, 0.25) is 0 Å². The van der Waals surface area contributed by atoms with Crippen LogP contribution in [-0.4, -0.2) is 21.8 Å². The van der Waals surface area contributed by atoms with Gasteiger partial charge in [0.05, 0.1) is 11.8 Å². The second-order valence-electron chi connectivity index (χ2n) is 7.96. The van der Waals surface area contributed by atoms with Gasteiger partial charge in [0.2, 0.25) is 11.8 Å². The van der Waals surface area contributed by atoms with Gasteiger partial charge in [-0.15, -0.1) is 22.7 Å². The van der Waals surface area contributed by atoms with Crippen molar-refractivity contribution in [3.63, 3.8) is 0 Å². The van der Waals surface area contributed by atoms with E-state index in [9.17, 15) is 9.59 Å². The number of carbonyl (C=O) groups excluding carboxylic acids is 2. The van der Waals surface area contributed by atoms with E-state index in [0.29, 0.717) is 10.3 Å². The van der Waals surface area contributed by atoms with Crippen LogP contribution in [0.5, 0.6) is 0 Å². The van der Waals surface area contributed by atoms with Crippen molar-refractivity contribution in [2.45, 2.75) is 11.8 Å². The average molecular weight is 487 g/mol. The molecule has 0 spiro atoms. The molecule has 0 fully saturated rings. The van der Waals surface area contributed by atoms with Crippen molar-refractivity contribution in [1.82, 2.24) is 9.97 Å². The number of benzene rings is 2. The number of rotatable bonds is 6. The third-order valence-corrected chi connectivity index (χ3v) is 7.36. The zero-order chi connectivity index (χ0) is 23.3. The number of hydrogen-bond acceptors (Lipinski definition) is 6. The third kappa shape index (κ3) is 4.69. The van der Waals surface area contributed by atoms with Gasteiger partial charge in [-0.25, -0.2) is 9.97 Å². The molecule has 4 atom stereocenters. The molecule has 2 amide bonds. The second-order valence-corrected chi connectivity index (χ2v) is 9.75. The number of nitrogens with one attached hydrogen (secondary N) is 2. The summed E-state index contributed by atoms with van der Waals surface area (Å²) in [5.74, 6) is -2.30. The Bertz CT molecular complexity index is 1160. The number of carbonyl (C=O) groups is 2. The fourth-order valence-corrected chi connectivity index (χ4v) is 5.58. The Morgan fingerprint density at radius 1 is 0.647 bits per heavy atom. The summed E-state index contributed by atoms with van der Waals surface area (Å²) in [6.07, 6.45) is 7.42. The minimum atomic E-state index is -0.651. The normalized spacial score (nSPS) is 21.6. The Kier molecular flexibility index (Phi) is 6.60. The van der Waals surface area contributed by atoms with Crippen LogP contribution in [0.3, 0.4) is 0 Å². The lowest BCUT2D eigenvalue weighted by molar-refractivity contribution is -0.130. The van der Waals surface area contributed by atoms with Crippen LogP contribution >= 0.6 is 22.7 Å². The van der Waals surface area contributed by atoms with Gasteiger partial charge >= 0.3 is 0 Å². The van der Waals surface area contributed by atoms with Gasteiger partial charge in [0.25, 0.3) is 0 Å². The van der Waals surface area contributed by atoms with Crippen molar-refractivity contribution in [2.75, 3.05) is 10.6 Å². The zero-order valence-electron chi connectivity index (χ0n) is 18.1. The first-order valence-corrected chi connectivity index (χ1v) is 12.7. The summed E-state index contributed by atoms with van der Waals surface area (Å²) in [5, 5.41) is 10.5. The van der Waals surface area contributed by atoms with E-state index in [-0.39, 0.29) is 23.7 Å². The number of nitrogens with zero attached hydrogens (tertiary/aromatic N) is 2. The number of allylic oxidation sites excluding steroid dienone is 2. The number of hydrogen-bond donors (Lipinski definition) is 2. The van der Waals surface area contributed by atoms with E-state index in [1.165, 1.54) is 22.7 Å². The molecule has 0 saturated carbocycles. The lowest BCUT2D eigenvalue weighted by Gasteiger charge is -2.38. The SMILES string of the molecule is O=C(Nc1nccs1)C1C(c2ccccc2)C=CC(c2ccccc2)C1C(=O)Nc1nccs1. The van der Waals surface area contributed by atoms with Crippen LogP contribution in [0.1, 0.15) is 23.0 Å². The molecule has 0 radical (unpaired) electrons. The van der Waals surface area contributed by atoms with Crippen molar-refractivity contribution in [2.24, 2.45) is 11.8 Å². The molecule has 1 aliphatic carbocycles. The molecule has 6 nitrogen and oxygen atoms in total. The Morgan fingerprint density at radius 2 is 1.06 bits per heavy atom. The predicted octanol–water partition coefficient (Wildman–Crippen LogP) is 5.55. The van der Waals surface area contributed by atoms with E-state index in [1.807, 2.05) is 71.4 Å². The lowest BCUT2D eigenvalue weighted by atomic mass is 9.65. The molecule has 170 valence electrons. The summed E-state index contributed by atoms with van der Waals surface area (Å²) in [7, 11) is 0. The molecule has 4 aromatic rings. The molecule has 0 bridgehead atoms. The highest BCUT2D eigenvalue weighted by atomic mass is 32.1. The molecular formula is C26H22N4O2S2. The van der Waals surface area contributed by atoms with Gasteiger partial charge in [-0.1, -0.05) is 72.8 Å². The lowest BCUT2D eigenvalue weighted by Crippen LogP contribution is -2.44. The van der Waals surface area contributed by atoms with E-state index in [4.69, 9.17) is 0 Å². The van der Waals surface area contributed by atoms with E-state index in [0.717, 1.165) is 11.1 Å². The predicted molar refractivity (Wildman–Crippen MR) is 136 cm³/mol. The minimum Gasteiger partial charge on any atom is -0.302 e. The van der Waals surface area contributed by atoms with Crippen molar-refractivity contribution < 1.29 is 9.59 Å². The number of thiazole rings is 2. The summed E-state index contributed by atoms with van der Waals surface area (Å²) in [5.41, 5.74) is 1.97. The van der Waals surface area contributed by atoms with E-state index >= 15 is 0 Å². The van der Waals surface area contributed by atoms with Crippen LogP contribution < -0.4 is 10.6 Å². The molecule has 4 unspecified atom stereocenters. The largest absolute Gasteiger partial charge is 0.302 e. The van der Waals surface area contributed by atoms with Crippen LogP contribution in [0.4, 0.5) is 10.3 Å². The number of amides is 2. The topological polar surface area (TPSA) is 84.0 Å². The maximum atomic E-state index is 13.8. The fraction of sp³-hybridized carbons (Fsp3) is 0.154. The van der Waals surface area contributed by atoms with Crippen molar-refractivity contribution in [3.8, 4) is 0 Å². The first kappa shape index (κ1) is 22.2. The molecule has 8 heteroatoms. The summed E-state index contributed by atoms with van der Waals surface area (Å²) >= 11 is 2.71. The quantitative estimate of drug-likeness (QED) is 0.350. The van der Waals surface area contributed by atoms with Crippen LogP contribution in [-0.2, 0) is 9.59 Å². The van der Waals surface area contributed by atoms with Gasteiger partial charge in [-0.2, -0.15) is 0 Å². The fourth-order valence-electron chi connectivity index (χ4n) is 4.51. The molecule has 2 aromatic heterocycles. The molecule has 0 aliphatic heterocycles. The summed E-state index contributed by atoms with van der Waals surface area (Å²) in [4.78, 5) is 36.0. The molecule has 2 heterocycles. The molecule has 2 N–H and O–H groups in total. The first-order chi connectivity index (χ1) is 16.7. The molecule has 1 aliphatic rings. The van der Waals surface area contributed by atoms with Gasteiger partial charge in [0.1, 0.15) is 0 Å². The van der Waals surface area contributed by atoms with Crippen molar-refractivity contribution in [1.29, 1.82) is 0 Å². The highest BCUT2D eigenvalue weighted by molar-refractivity contribution is 7.14. The van der Waals surface area contributed by atoms with Gasteiger partial charge in [-0.05, 0) is 11.1 Å². The standard InChI is InChI=1S/C26H22N4O2S2/c31-23(29-25-27-13-15-33-25)21-19(17-7-3-1-4-8-17)11-12-20(18-9-5-2-6-10-18)22(21)24(32)30-26-28-14-16-34-26/h1-16,19-22H,(H,27,29,31)(H,28,30,32). The van der Waals surface area contributed by atoms with Crippen molar-refractivity contribution in [3.05, 3.63) is 107 Å². The zero-order valence-corrected chi connectivity index (χ0v) is 19.7. The maximum Gasteiger partial charge on any atom is 0.231 e. The average Bonchev–Trinajstić information content (AvgIpc) is 3.59. The number of aromatic nitrogens is 2. The Hall–Kier alpha value is -3.62.